The summed E-state index contributed by atoms with van der Waals surface area (Å²) >= 11 is 5.92. The second-order valence-corrected chi connectivity index (χ2v) is 6.53. The van der Waals surface area contributed by atoms with Gasteiger partial charge in [-0.1, -0.05) is 11.6 Å². The van der Waals surface area contributed by atoms with Crippen LogP contribution in [0.5, 0.6) is 0 Å². The second-order valence-electron chi connectivity index (χ2n) is 6.09. The summed E-state index contributed by atoms with van der Waals surface area (Å²) in [4.78, 5) is 6.59. The molecule has 5 heteroatoms. The molecule has 1 aromatic heterocycles. The quantitative estimate of drug-likeness (QED) is 0.906. The van der Waals surface area contributed by atoms with Crippen LogP contribution >= 0.6 is 11.6 Å². The van der Waals surface area contributed by atoms with Crippen molar-refractivity contribution in [2.45, 2.75) is 24.7 Å². The van der Waals surface area contributed by atoms with E-state index in [9.17, 15) is 4.39 Å². The molecule has 0 spiro atoms. The summed E-state index contributed by atoms with van der Waals surface area (Å²) in [6.07, 6.45) is 6.09. The van der Waals surface area contributed by atoms with Gasteiger partial charge in [-0.3, -0.25) is 4.98 Å². The molecule has 2 heterocycles. The van der Waals surface area contributed by atoms with Gasteiger partial charge in [-0.2, -0.15) is 0 Å². The summed E-state index contributed by atoms with van der Waals surface area (Å²) in [6.45, 7) is 2.60. The number of nitrogens with zero attached hydrogens (tertiary/aromatic N) is 2. The van der Waals surface area contributed by atoms with E-state index in [0.29, 0.717) is 17.4 Å². The Hall–Kier alpha value is -1.13. The summed E-state index contributed by atoms with van der Waals surface area (Å²) in [5, 5.41) is 3.77. The Morgan fingerprint density at radius 3 is 2.90 bits per heavy atom. The number of pyridine rings is 1. The smallest absolute Gasteiger partial charge is 0.116 e. The van der Waals surface area contributed by atoms with Gasteiger partial charge in [-0.15, -0.1) is 0 Å². The van der Waals surface area contributed by atoms with Crippen molar-refractivity contribution in [1.82, 2.24) is 15.2 Å². The number of allylic oxidation sites excluding steroid dienone is 1. The van der Waals surface area contributed by atoms with Gasteiger partial charge in [-0.25, -0.2) is 4.39 Å². The van der Waals surface area contributed by atoms with Crippen LogP contribution in [0.25, 0.3) is 0 Å². The Kier molecular flexibility index (Phi) is 4.18. The Balaban J connectivity index is 1.77. The number of hydrogen-bond acceptors (Lipinski definition) is 3. The Morgan fingerprint density at radius 1 is 1.48 bits per heavy atom. The van der Waals surface area contributed by atoms with E-state index in [1.807, 2.05) is 19.2 Å². The van der Waals surface area contributed by atoms with Crippen LogP contribution in [0.2, 0.25) is 5.02 Å². The minimum Gasteiger partial charge on any atom is -0.374 e. The fourth-order valence-electron chi connectivity index (χ4n) is 3.35. The zero-order valence-corrected chi connectivity index (χ0v) is 13.0. The van der Waals surface area contributed by atoms with Gasteiger partial charge in [-0.05, 0) is 37.9 Å². The topological polar surface area (TPSA) is 28.2 Å². The third-order valence-corrected chi connectivity index (χ3v) is 4.90. The van der Waals surface area contributed by atoms with Crippen LogP contribution in [0, 0.1) is 5.92 Å². The van der Waals surface area contributed by atoms with Gasteiger partial charge in [0.1, 0.15) is 5.83 Å². The van der Waals surface area contributed by atoms with Crippen molar-refractivity contribution in [3.8, 4) is 0 Å². The first-order valence-corrected chi connectivity index (χ1v) is 7.89. The monoisotopic (exact) mass is 309 g/mol. The van der Waals surface area contributed by atoms with Gasteiger partial charge >= 0.3 is 0 Å². The number of nitrogens with one attached hydrogen (secondary N) is 1. The molecule has 0 saturated heterocycles. The zero-order chi connectivity index (χ0) is 14.9. The maximum Gasteiger partial charge on any atom is 0.116 e. The number of aromatic nitrogens is 1. The molecule has 1 unspecified atom stereocenters. The summed E-state index contributed by atoms with van der Waals surface area (Å²) in [5.74, 6) is 0.288. The molecule has 1 aromatic rings. The number of halogens is 2. The van der Waals surface area contributed by atoms with Crippen LogP contribution in [0.15, 0.2) is 30.4 Å². The molecule has 0 bridgehead atoms. The van der Waals surface area contributed by atoms with Crippen molar-refractivity contribution in [1.29, 1.82) is 0 Å². The van der Waals surface area contributed by atoms with E-state index in [-0.39, 0.29) is 11.2 Å². The van der Waals surface area contributed by atoms with Gasteiger partial charge < -0.3 is 10.2 Å². The lowest BCUT2D eigenvalue weighted by molar-refractivity contribution is 0.222. The predicted octanol–water partition coefficient (Wildman–Crippen LogP) is 3.12. The maximum atomic E-state index is 14.0. The molecule has 114 valence electrons. The van der Waals surface area contributed by atoms with E-state index in [2.05, 4.69) is 15.2 Å². The molecule has 0 aromatic carbocycles. The van der Waals surface area contributed by atoms with Crippen molar-refractivity contribution >= 4 is 11.6 Å². The SMILES string of the molecule is CNCCN1C=C(F)CC(C2(c3ccc(Cl)cn3)CC2)C1. The number of likely N-dealkylation sites (N-methyl/N-ethyl adjacent to an activating group) is 1. The van der Waals surface area contributed by atoms with Crippen LogP contribution in [-0.4, -0.2) is 36.6 Å². The highest BCUT2D eigenvalue weighted by molar-refractivity contribution is 6.30. The minimum atomic E-state index is -0.0115. The molecule has 1 atom stereocenters. The van der Waals surface area contributed by atoms with Gasteiger partial charge in [0.2, 0.25) is 0 Å². The van der Waals surface area contributed by atoms with Gasteiger partial charge in [0.05, 0.1) is 5.02 Å². The van der Waals surface area contributed by atoms with Crippen molar-refractivity contribution in [3.05, 3.63) is 41.1 Å². The Bertz CT molecular complexity index is 525. The lowest BCUT2D eigenvalue weighted by atomic mass is 9.81. The standard InChI is InChI=1S/C16H21ClFN3/c1-19-6-7-21-10-12(8-14(18)11-21)16(4-5-16)15-3-2-13(17)9-20-15/h2-3,9,11-12,19H,4-8,10H2,1H3. The molecule has 1 aliphatic heterocycles. The van der Waals surface area contributed by atoms with E-state index in [1.54, 1.807) is 12.4 Å². The Morgan fingerprint density at radius 2 is 2.29 bits per heavy atom. The molecule has 2 aliphatic rings. The third kappa shape index (κ3) is 3.06. The van der Waals surface area contributed by atoms with E-state index in [1.165, 1.54) is 0 Å². The van der Waals surface area contributed by atoms with E-state index in [0.717, 1.165) is 38.2 Å². The molecule has 1 N–H and O–H groups in total. The van der Waals surface area contributed by atoms with Crippen LogP contribution < -0.4 is 5.32 Å². The van der Waals surface area contributed by atoms with Crippen molar-refractivity contribution in [2.24, 2.45) is 5.92 Å². The van der Waals surface area contributed by atoms with Crippen LogP contribution in [0.3, 0.4) is 0 Å². The summed E-state index contributed by atoms with van der Waals surface area (Å²) < 4.78 is 14.0. The predicted molar refractivity (Wildman–Crippen MR) is 83.0 cm³/mol. The summed E-state index contributed by atoms with van der Waals surface area (Å²) in [7, 11) is 1.92. The van der Waals surface area contributed by atoms with Gasteiger partial charge in [0.25, 0.3) is 0 Å². The number of hydrogen-bond donors (Lipinski definition) is 1. The lowest BCUT2D eigenvalue weighted by Gasteiger charge is -2.35. The molecule has 0 radical (unpaired) electrons. The van der Waals surface area contributed by atoms with E-state index in [4.69, 9.17) is 11.6 Å². The normalized spacial score (nSPS) is 23.9. The van der Waals surface area contributed by atoms with E-state index < -0.39 is 0 Å². The lowest BCUT2D eigenvalue weighted by Crippen LogP contribution is -2.38. The molecule has 3 nitrogen and oxygen atoms in total. The largest absolute Gasteiger partial charge is 0.374 e. The van der Waals surface area contributed by atoms with Crippen molar-refractivity contribution < 1.29 is 4.39 Å². The van der Waals surface area contributed by atoms with Gasteiger partial charge in [0, 0.05) is 49.6 Å². The first-order chi connectivity index (χ1) is 10.1. The highest BCUT2D eigenvalue weighted by atomic mass is 35.5. The second kappa shape index (κ2) is 5.93. The molecular weight excluding hydrogens is 289 g/mol. The maximum absolute atomic E-state index is 14.0. The fourth-order valence-corrected chi connectivity index (χ4v) is 3.46. The molecule has 1 aliphatic carbocycles. The first kappa shape index (κ1) is 14.8. The van der Waals surface area contributed by atoms with Crippen molar-refractivity contribution in [2.75, 3.05) is 26.7 Å². The van der Waals surface area contributed by atoms with Crippen LogP contribution in [-0.2, 0) is 5.41 Å². The molecule has 1 fully saturated rings. The first-order valence-electron chi connectivity index (χ1n) is 7.51. The summed E-state index contributed by atoms with van der Waals surface area (Å²) in [6, 6.07) is 3.89. The number of rotatable bonds is 5. The molecular formula is C16H21ClFN3. The summed E-state index contributed by atoms with van der Waals surface area (Å²) in [5.41, 5.74) is 1.12. The van der Waals surface area contributed by atoms with E-state index >= 15 is 0 Å². The molecule has 3 rings (SSSR count). The Labute approximate surface area is 130 Å². The molecule has 21 heavy (non-hydrogen) atoms. The van der Waals surface area contributed by atoms with Gasteiger partial charge in [0.15, 0.2) is 0 Å². The third-order valence-electron chi connectivity index (χ3n) is 4.68. The fraction of sp³-hybridized carbons (Fsp3) is 0.562. The average Bonchev–Trinajstić information content (AvgIpc) is 3.27. The van der Waals surface area contributed by atoms with Crippen molar-refractivity contribution in [3.63, 3.8) is 0 Å². The molecule has 1 saturated carbocycles. The highest BCUT2D eigenvalue weighted by Gasteiger charge is 2.52. The van der Waals surface area contributed by atoms with Crippen LogP contribution in [0.4, 0.5) is 4.39 Å². The van der Waals surface area contributed by atoms with Crippen LogP contribution in [0.1, 0.15) is 25.0 Å². The average molecular weight is 310 g/mol. The minimum absolute atomic E-state index is 0.0115. The zero-order valence-electron chi connectivity index (χ0n) is 12.3. The highest BCUT2D eigenvalue weighted by Crippen LogP contribution is 2.56. The molecule has 0 amide bonds.